The highest BCUT2D eigenvalue weighted by atomic mass is 19.1. The van der Waals surface area contributed by atoms with Gasteiger partial charge in [-0.3, -0.25) is 4.79 Å². The van der Waals surface area contributed by atoms with Crippen molar-refractivity contribution in [3.63, 3.8) is 0 Å². The maximum absolute atomic E-state index is 13.0. The first-order valence-corrected chi connectivity index (χ1v) is 7.12. The number of hydrogen-bond acceptors (Lipinski definition) is 3. The number of halogens is 1. The number of carbonyl (C=O) groups is 2. The van der Waals surface area contributed by atoms with Crippen LogP contribution in [0.1, 0.15) is 24.8 Å². The zero-order valence-electron chi connectivity index (χ0n) is 12.1. The molecule has 0 spiro atoms. The van der Waals surface area contributed by atoms with Crippen LogP contribution >= 0.6 is 0 Å². The highest BCUT2D eigenvalue weighted by Crippen LogP contribution is 2.15. The third-order valence-electron chi connectivity index (χ3n) is 3.41. The van der Waals surface area contributed by atoms with Crippen LogP contribution in [0.5, 0.6) is 0 Å². The summed E-state index contributed by atoms with van der Waals surface area (Å²) in [5.41, 5.74) is 0.328. The summed E-state index contributed by atoms with van der Waals surface area (Å²) in [6, 6.07) is 4.95. The van der Waals surface area contributed by atoms with Crippen LogP contribution in [0.25, 0.3) is 0 Å². The Kier molecular flexibility index (Phi) is 5.31. The fourth-order valence-electron chi connectivity index (χ4n) is 2.30. The third-order valence-corrected chi connectivity index (χ3v) is 3.41. The maximum atomic E-state index is 13.0. The first-order chi connectivity index (χ1) is 10.6. The summed E-state index contributed by atoms with van der Waals surface area (Å²) in [5.74, 6) is -0.368. The summed E-state index contributed by atoms with van der Waals surface area (Å²) < 4.78 is 13.0. The van der Waals surface area contributed by atoms with Gasteiger partial charge in [-0.2, -0.15) is 5.26 Å². The number of anilines is 1. The molecule has 2 N–H and O–H groups in total. The Bertz CT molecular complexity index is 612. The van der Waals surface area contributed by atoms with E-state index in [1.807, 2.05) is 6.07 Å². The molecule has 1 fully saturated rings. The third kappa shape index (κ3) is 4.19. The van der Waals surface area contributed by atoms with Crippen LogP contribution in [0, 0.1) is 17.1 Å². The van der Waals surface area contributed by atoms with E-state index in [9.17, 15) is 14.0 Å². The average Bonchev–Trinajstić information content (AvgIpc) is 2.91. The highest BCUT2D eigenvalue weighted by molar-refractivity contribution is 5.90. The molecular formula is C15H17FN4O2. The first-order valence-electron chi connectivity index (χ1n) is 7.12. The second-order valence-corrected chi connectivity index (χ2v) is 5.02. The standard InChI is InChI=1S/C15H17FN4O2/c16-12-4-5-13(11(9-12)10-17)19-15(22)18-6-2-8-20-7-1-3-14(20)21/h4-5,9H,1-3,6-8H2,(H2,18,19,22). The second-order valence-electron chi connectivity index (χ2n) is 5.02. The summed E-state index contributed by atoms with van der Waals surface area (Å²) >= 11 is 0. The number of nitrogens with zero attached hydrogens (tertiary/aromatic N) is 2. The number of likely N-dealkylation sites (tertiary alicyclic amines) is 1. The largest absolute Gasteiger partial charge is 0.343 e. The predicted molar refractivity (Wildman–Crippen MR) is 78.6 cm³/mol. The molecule has 1 aliphatic heterocycles. The van der Waals surface area contributed by atoms with Gasteiger partial charge in [-0.1, -0.05) is 0 Å². The zero-order valence-corrected chi connectivity index (χ0v) is 12.1. The number of rotatable bonds is 5. The van der Waals surface area contributed by atoms with Crippen molar-refractivity contribution in [3.8, 4) is 6.07 Å². The Hall–Kier alpha value is -2.62. The summed E-state index contributed by atoms with van der Waals surface area (Å²) in [6.07, 6.45) is 2.16. The molecule has 2 rings (SSSR count). The van der Waals surface area contributed by atoms with Gasteiger partial charge in [0, 0.05) is 26.1 Å². The lowest BCUT2D eigenvalue weighted by Crippen LogP contribution is -2.33. The monoisotopic (exact) mass is 304 g/mol. The molecule has 22 heavy (non-hydrogen) atoms. The highest BCUT2D eigenvalue weighted by Gasteiger charge is 2.19. The minimum Gasteiger partial charge on any atom is -0.343 e. The van der Waals surface area contributed by atoms with Crippen molar-refractivity contribution in [2.75, 3.05) is 25.0 Å². The molecular weight excluding hydrogens is 287 g/mol. The molecule has 1 saturated heterocycles. The predicted octanol–water partition coefficient (Wildman–Crippen LogP) is 1.83. The molecule has 1 heterocycles. The van der Waals surface area contributed by atoms with E-state index in [0.29, 0.717) is 25.9 Å². The van der Waals surface area contributed by atoms with Gasteiger partial charge in [-0.25, -0.2) is 9.18 Å². The number of nitriles is 1. The molecule has 0 unspecified atom stereocenters. The lowest BCUT2D eigenvalue weighted by atomic mass is 10.2. The molecule has 0 atom stereocenters. The van der Waals surface area contributed by atoms with E-state index >= 15 is 0 Å². The molecule has 0 bridgehead atoms. The number of hydrogen-bond donors (Lipinski definition) is 2. The molecule has 116 valence electrons. The van der Waals surface area contributed by atoms with E-state index in [1.165, 1.54) is 12.1 Å². The van der Waals surface area contributed by atoms with Crippen LogP contribution in [0.4, 0.5) is 14.9 Å². The van der Waals surface area contributed by atoms with E-state index in [-0.39, 0.29) is 17.2 Å². The average molecular weight is 304 g/mol. The van der Waals surface area contributed by atoms with Crippen molar-refractivity contribution in [1.29, 1.82) is 5.26 Å². The fourth-order valence-corrected chi connectivity index (χ4v) is 2.30. The van der Waals surface area contributed by atoms with Gasteiger partial charge in [0.15, 0.2) is 0 Å². The molecule has 1 aromatic carbocycles. The summed E-state index contributed by atoms with van der Waals surface area (Å²) in [6.45, 7) is 1.82. The van der Waals surface area contributed by atoms with Crippen LogP contribution in [0.3, 0.4) is 0 Å². The zero-order chi connectivity index (χ0) is 15.9. The number of carbonyl (C=O) groups excluding carboxylic acids is 2. The van der Waals surface area contributed by atoms with Crippen LogP contribution in [0.15, 0.2) is 18.2 Å². The van der Waals surface area contributed by atoms with Crippen LogP contribution in [-0.4, -0.2) is 36.5 Å². The molecule has 0 aliphatic carbocycles. The van der Waals surface area contributed by atoms with E-state index < -0.39 is 11.8 Å². The number of nitrogens with one attached hydrogen (secondary N) is 2. The molecule has 0 saturated carbocycles. The van der Waals surface area contributed by atoms with Gasteiger partial charge in [0.25, 0.3) is 0 Å². The SMILES string of the molecule is N#Cc1cc(F)ccc1NC(=O)NCCCN1CCCC1=O. The van der Waals surface area contributed by atoms with E-state index in [4.69, 9.17) is 5.26 Å². The Morgan fingerprint density at radius 1 is 1.45 bits per heavy atom. The van der Waals surface area contributed by atoms with Crippen molar-refractivity contribution in [2.45, 2.75) is 19.3 Å². The molecule has 1 aliphatic rings. The minimum absolute atomic E-state index is 0.0674. The van der Waals surface area contributed by atoms with Crippen molar-refractivity contribution < 1.29 is 14.0 Å². The number of urea groups is 1. The van der Waals surface area contributed by atoms with E-state index in [2.05, 4.69) is 10.6 Å². The fraction of sp³-hybridized carbons (Fsp3) is 0.400. The normalized spacial score (nSPS) is 13.8. The molecule has 6 nitrogen and oxygen atoms in total. The molecule has 0 radical (unpaired) electrons. The maximum Gasteiger partial charge on any atom is 0.319 e. The Labute approximate surface area is 127 Å². The summed E-state index contributed by atoms with van der Waals surface area (Å²) in [5, 5.41) is 14.0. The number of benzene rings is 1. The van der Waals surface area contributed by atoms with Gasteiger partial charge < -0.3 is 15.5 Å². The number of amides is 3. The Balaban J connectivity index is 1.74. The van der Waals surface area contributed by atoms with Crippen molar-refractivity contribution in [2.24, 2.45) is 0 Å². The van der Waals surface area contributed by atoms with Gasteiger partial charge in [0.1, 0.15) is 11.9 Å². The van der Waals surface area contributed by atoms with Gasteiger partial charge in [-0.05, 0) is 31.0 Å². The minimum atomic E-state index is -0.530. The van der Waals surface area contributed by atoms with Crippen LogP contribution < -0.4 is 10.6 Å². The molecule has 0 aromatic heterocycles. The summed E-state index contributed by atoms with van der Waals surface area (Å²) in [7, 11) is 0. The Morgan fingerprint density at radius 3 is 2.95 bits per heavy atom. The van der Waals surface area contributed by atoms with Crippen molar-refractivity contribution in [1.82, 2.24) is 10.2 Å². The van der Waals surface area contributed by atoms with Crippen molar-refractivity contribution >= 4 is 17.6 Å². The van der Waals surface area contributed by atoms with Gasteiger partial charge in [-0.15, -0.1) is 0 Å². The molecule has 7 heteroatoms. The first kappa shape index (κ1) is 15.8. The second kappa shape index (κ2) is 7.41. The summed E-state index contributed by atoms with van der Waals surface area (Å²) in [4.78, 5) is 24.9. The van der Waals surface area contributed by atoms with Crippen LogP contribution in [-0.2, 0) is 4.79 Å². The van der Waals surface area contributed by atoms with Crippen LogP contribution in [0.2, 0.25) is 0 Å². The van der Waals surface area contributed by atoms with Crippen molar-refractivity contribution in [3.05, 3.63) is 29.6 Å². The topological polar surface area (TPSA) is 85.2 Å². The molecule has 3 amide bonds. The smallest absolute Gasteiger partial charge is 0.319 e. The Morgan fingerprint density at radius 2 is 2.27 bits per heavy atom. The van der Waals surface area contributed by atoms with E-state index in [1.54, 1.807) is 4.90 Å². The van der Waals surface area contributed by atoms with Gasteiger partial charge in [0.05, 0.1) is 11.3 Å². The lowest BCUT2D eigenvalue weighted by molar-refractivity contribution is -0.127. The van der Waals surface area contributed by atoms with Gasteiger partial charge >= 0.3 is 6.03 Å². The lowest BCUT2D eigenvalue weighted by Gasteiger charge is -2.15. The van der Waals surface area contributed by atoms with E-state index in [0.717, 1.165) is 19.0 Å². The van der Waals surface area contributed by atoms with Gasteiger partial charge in [0.2, 0.25) is 5.91 Å². The molecule has 1 aromatic rings. The quantitative estimate of drug-likeness (QED) is 0.814.